The van der Waals surface area contributed by atoms with Gasteiger partial charge in [-0.05, 0) is 58.6 Å². The normalized spacial score (nSPS) is 11.4. The molecule has 2 aromatic rings. The summed E-state index contributed by atoms with van der Waals surface area (Å²) in [6.45, 7) is 3.91. The minimum Gasteiger partial charge on any atom is -0.326 e. The lowest BCUT2D eigenvalue weighted by Gasteiger charge is -2.12. The first-order valence-electron chi connectivity index (χ1n) is 6.28. The SMILES string of the molecule is Cc1cc(NS(=O)(=O)c2cccc(CN)c2C)ncc1Br. The molecule has 1 heterocycles. The van der Waals surface area contributed by atoms with Crippen LogP contribution in [0.25, 0.3) is 0 Å². The molecule has 0 spiro atoms. The molecule has 0 unspecified atom stereocenters. The lowest BCUT2D eigenvalue weighted by atomic mass is 10.1. The van der Waals surface area contributed by atoms with Crippen molar-refractivity contribution in [2.45, 2.75) is 25.3 Å². The molecule has 5 nitrogen and oxygen atoms in total. The van der Waals surface area contributed by atoms with Gasteiger partial charge in [0.2, 0.25) is 0 Å². The monoisotopic (exact) mass is 369 g/mol. The van der Waals surface area contributed by atoms with Crippen molar-refractivity contribution in [2.24, 2.45) is 5.73 Å². The van der Waals surface area contributed by atoms with Crippen molar-refractivity contribution in [1.29, 1.82) is 0 Å². The fraction of sp³-hybridized carbons (Fsp3) is 0.214. The van der Waals surface area contributed by atoms with E-state index >= 15 is 0 Å². The Bertz CT molecular complexity index is 776. The molecule has 21 heavy (non-hydrogen) atoms. The van der Waals surface area contributed by atoms with Crippen molar-refractivity contribution < 1.29 is 8.42 Å². The highest BCUT2D eigenvalue weighted by molar-refractivity contribution is 9.10. The molecule has 7 heteroatoms. The van der Waals surface area contributed by atoms with E-state index in [1.54, 1.807) is 31.3 Å². The first-order valence-corrected chi connectivity index (χ1v) is 8.56. The van der Waals surface area contributed by atoms with E-state index in [1.807, 2.05) is 13.0 Å². The third kappa shape index (κ3) is 3.42. The van der Waals surface area contributed by atoms with Gasteiger partial charge in [-0.15, -0.1) is 0 Å². The first kappa shape index (κ1) is 15.9. The molecule has 0 saturated carbocycles. The van der Waals surface area contributed by atoms with Crippen LogP contribution in [0.4, 0.5) is 5.82 Å². The zero-order chi connectivity index (χ0) is 15.6. The smallest absolute Gasteiger partial charge is 0.263 e. The molecule has 112 valence electrons. The molecule has 0 saturated heterocycles. The molecule has 1 aromatic carbocycles. The molecular weight excluding hydrogens is 354 g/mol. The predicted molar refractivity (Wildman–Crippen MR) is 86.6 cm³/mol. The lowest BCUT2D eigenvalue weighted by Crippen LogP contribution is -2.16. The van der Waals surface area contributed by atoms with E-state index in [-0.39, 0.29) is 10.7 Å². The molecule has 0 fully saturated rings. The van der Waals surface area contributed by atoms with Crippen molar-refractivity contribution in [3.8, 4) is 0 Å². The summed E-state index contributed by atoms with van der Waals surface area (Å²) in [4.78, 5) is 4.28. The number of pyridine rings is 1. The average molecular weight is 370 g/mol. The highest BCUT2D eigenvalue weighted by Crippen LogP contribution is 2.23. The molecule has 0 bridgehead atoms. The summed E-state index contributed by atoms with van der Waals surface area (Å²) < 4.78 is 28.3. The van der Waals surface area contributed by atoms with Gasteiger partial charge in [0, 0.05) is 17.2 Å². The highest BCUT2D eigenvalue weighted by atomic mass is 79.9. The number of aryl methyl sites for hydroxylation is 1. The summed E-state index contributed by atoms with van der Waals surface area (Å²) in [7, 11) is -3.69. The Morgan fingerprint density at radius 2 is 2.05 bits per heavy atom. The Labute approximate surface area is 132 Å². The number of rotatable bonds is 4. The van der Waals surface area contributed by atoms with E-state index in [1.165, 1.54) is 0 Å². The minimum atomic E-state index is -3.69. The number of anilines is 1. The summed E-state index contributed by atoms with van der Waals surface area (Å²) in [6, 6.07) is 6.73. The van der Waals surface area contributed by atoms with Crippen LogP contribution in [0.3, 0.4) is 0 Å². The Balaban J connectivity index is 2.41. The number of aromatic nitrogens is 1. The zero-order valence-corrected chi connectivity index (χ0v) is 14.1. The third-order valence-electron chi connectivity index (χ3n) is 3.19. The number of halogens is 1. The van der Waals surface area contributed by atoms with Crippen molar-refractivity contribution >= 4 is 31.8 Å². The van der Waals surface area contributed by atoms with Gasteiger partial charge in [0.05, 0.1) is 4.90 Å². The first-order chi connectivity index (χ1) is 9.85. The van der Waals surface area contributed by atoms with Crippen LogP contribution in [0, 0.1) is 13.8 Å². The van der Waals surface area contributed by atoms with E-state index in [9.17, 15) is 8.42 Å². The summed E-state index contributed by atoms with van der Waals surface area (Å²) in [6.07, 6.45) is 1.57. The quantitative estimate of drug-likeness (QED) is 0.867. The van der Waals surface area contributed by atoms with Crippen LogP contribution in [0.15, 0.2) is 39.8 Å². The molecule has 0 aliphatic carbocycles. The maximum Gasteiger partial charge on any atom is 0.263 e. The van der Waals surface area contributed by atoms with Gasteiger partial charge in [-0.25, -0.2) is 13.4 Å². The van der Waals surface area contributed by atoms with E-state index in [0.717, 1.165) is 15.6 Å². The van der Waals surface area contributed by atoms with E-state index < -0.39 is 10.0 Å². The molecule has 0 radical (unpaired) electrons. The number of hydrogen-bond donors (Lipinski definition) is 2. The van der Waals surface area contributed by atoms with Crippen molar-refractivity contribution in [2.75, 3.05) is 4.72 Å². The van der Waals surface area contributed by atoms with Gasteiger partial charge in [0.15, 0.2) is 0 Å². The summed E-state index contributed by atoms with van der Waals surface area (Å²) in [5.41, 5.74) is 7.97. The number of benzene rings is 1. The Hall–Kier alpha value is -1.44. The van der Waals surface area contributed by atoms with Gasteiger partial charge in [-0.3, -0.25) is 4.72 Å². The standard InChI is InChI=1S/C14H16BrN3O2S/c1-9-6-14(17-8-12(9)15)18-21(19,20)13-5-3-4-11(7-16)10(13)2/h3-6,8H,7,16H2,1-2H3,(H,17,18). The largest absolute Gasteiger partial charge is 0.326 e. The molecule has 2 rings (SSSR count). The van der Waals surface area contributed by atoms with Gasteiger partial charge >= 0.3 is 0 Å². The fourth-order valence-electron chi connectivity index (χ4n) is 1.96. The minimum absolute atomic E-state index is 0.216. The van der Waals surface area contributed by atoms with E-state index in [2.05, 4.69) is 25.6 Å². The van der Waals surface area contributed by atoms with Gasteiger partial charge in [0.1, 0.15) is 5.82 Å². The second-order valence-electron chi connectivity index (χ2n) is 4.67. The highest BCUT2D eigenvalue weighted by Gasteiger charge is 2.19. The Kier molecular flexibility index (Phi) is 4.65. The predicted octanol–water partition coefficient (Wildman–Crippen LogP) is 2.72. The molecule has 0 atom stereocenters. The number of nitrogens with two attached hydrogens (primary N) is 1. The topological polar surface area (TPSA) is 85.1 Å². The summed E-state index contributed by atoms with van der Waals surface area (Å²) in [5.74, 6) is 0.285. The molecule has 0 aliphatic rings. The average Bonchev–Trinajstić information content (AvgIpc) is 2.42. The van der Waals surface area contributed by atoms with Crippen LogP contribution >= 0.6 is 15.9 Å². The summed E-state index contributed by atoms with van der Waals surface area (Å²) in [5, 5.41) is 0. The Morgan fingerprint density at radius 1 is 1.33 bits per heavy atom. The van der Waals surface area contributed by atoms with E-state index in [4.69, 9.17) is 5.73 Å². The number of nitrogens with one attached hydrogen (secondary N) is 1. The van der Waals surface area contributed by atoms with Crippen LogP contribution in [-0.4, -0.2) is 13.4 Å². The van der Waals surface area contributed by atoms with Crippen molar-refractivity contribution in [1.82, 2.24) is 4.98 Å². The van der Waals surface area contributed by atoms with Crippen LogP contribution in [0.1, 0.15) is 16.7 Å². The molecule has 3 N–H and O–H groups in total. The van der Waals surface area contributed by atoms with Crippen molar-refractivity contribution in [3.63, 3.8) is 0 Å². The van der Waals surface area contributed by atoms with Gasteiger partial charge in [-0.2, -0.15) is 0 Å². The number of sulfonamides is 1. The van der Waals surface area contributed by atoms with Crippen LogP contribution < -0.4 is 10.5 Å². The maximum atomic E-state index is 12.5. The second kappa shape index (κ2) is 6.13. The van der Waals surface area contributed by atoms with Gasteiger partial charge < -0.3 is 5.73 Å². The van der Waals surface area contributed by atoms with Gasteiger partial charge in [-0.1, -0.05) is 12.1 Å². The summed E-state index contributed by atoms with van der Waals surface area (Å²) >= 11 is 3.33. The third-order valence-corrected chi connectivity index (χ3v) is 5.52. The molecule has 0 amide bonds. The van der Waals surface area contributed by atoms with Crippen LogP contribution in [0.2, 0.25) is 0 Å². The second-order valence-corrected chi connectivity index (χ2v) is 7.17. The molecule has 1 aromatic heterocycles. The van der Waals surface area contributed by atoms with Crippen LogP contribution in [-0.2, 0) is 16.6 Å². The van der Waals surface area contributed by atoms with Gasteiger partial charge in [0.25, 0.3) is 10.0 Å². The lowest BCUT2D eigenvalue weighted by molar-refractivity contribution is 0.600. The van der Waals surface area contributed by atoms with Crippen LogP contribution in [0.5, 0.6) is 0 Å². The number of hydrogen-bond acceptors (Lipinski definition) is 4. The van der Waals surface area contributed by atoms with Crippen molar-refractivity contribution in [3.05, 3.63) is 51.6 Å². The molecular formula is C14H16BrN3O2S. The molecule has 0 aliphatic heterocycles. The fourth-order valence-corrected chi connectivity index (χ4v) is 3.47. The van der Waals surface area contributed by atoms with E-state index in [0.29, 0.717) is 12.1 Å². The zero-order valence-electron chi connectivity index (χ0n) is 11.7. The Morgan fingerprint density at radius 3 is 2.67 bits per heavy atom. The maximum absolute atomic E-state index is 12.5. The number of nitrogens with zero attached hydrogens (tertiary/aromatic N) is 1.